The fourth-order valence-corrected chi connectivity index (χ4v) is 1.14. The molecule has 0 atom stereocenters. The molecule has 0 aliphatic rings. The van der Waals surface area contributed by atoms with E-state index in [-0.39, 0.29) is 17.3 Å². The van der Waals surface area contributed by atoms with Crippen LogP contribution in [0.2, 0.25) is 5.02 Å². The average molecular weight is 265 g/mol. The number of aromatic nitrogens is 2. The smallest absolute Gasteiger partial charge is 0.358 e. The Morgan fingerprint density at radius 3 is 3.00 bits per heavy atom. The van der Waals surface area contributed by atoms with Crippen LogP contribution in [0.4, 0.5) is 0 Å². The van der Waals surface area contributed by atoms with Crippen molar-refractivity contribution in [1.82, 2.24) is 9.97 Å². The Balaban J connectivity index is 3.01. The van der Waals surface area contributed by atoms with Gasteiger partial charge in [-0.2, -0.15) is 0 Å². The second-order valence-corrected chi connectivity index (χ2v) is 3.18. The zero-order valence-electron chi connectivity index (χ0n) is 6.75. The zero-order chi connectivity index (χ0) is 9.84. The van der Waals surface area contributed by atoms with Gasteiger partial charge in [0.2, 0.25) is 0 Å². The van der Waals surface area contributed by atoms with Gasteiger partial charge in [-0.15, -0.1) is 0 Å². The highest BCUT2D eigenvalue weighted by Crippen LogP contribution is 2.22. The molecule has 13 heavy (non-hydrogen) atoms. The molecular formula is C7H6BrClN2O2. The molecule has 0 aliphatic heterocycles. The molecule has 0 saturated carbocycles. The number of esters is 1. The van der Waals surface area contributed by atoms with Crippen molar-refractivity contribution in [3.05, 3.63) is 21.6 Å². The Morgan fingerprint density at radius 2 is 2.38 bits per heavy atom. The summed E-state index contributed by atoms with van der Waals surface area (Å²) in [7, 11) is 0. The molecular weight excluding hydrogens is 259 g/mol. The molecule has 0 N–H and O–H groups in total. The molecule has 0 radical (unpaired) electrons. The Bertz CT molecular complexity index is 332. The lowest BCUT2D eigenvalue weighted by atomic mass is 10.4. The first-order chi connectivity index (χ1) is 6.16. The van der Waals surface area contributed by atoms with Crippen molar-refractivity contribution in [2.75, 3.05) is 6.61 Å². The minimum atomic E-state index is -0.546. The van der Waals surface area contributed by atoms with Crippen LogP contribution in [-0.4, -0.2) is 22.5 Å². The lowest BCUT2D eigenvalue weighted by Gasteiger charge is -2.02. The molecule has 0 saturated heterocycles. The molecule has 0 aliphatic carbocycles. The van der Waals surface area contributed by atoms with Crippen molar-refractivity contribution in [3.63, 3.8) is 0 Å². The van der Waals surface area contributed by atoms with Crippen LogP contribution in [0.25, 0.3) is 0 Å². The topological polar surface area (TPSA) is 52.1 Å². The van der Waals surface area contributed by atoms with E-state index in [1.807, 2.05) is 0 Å². The predicted molar refractivity (Wildman–Crippen MR) is 50.7 cm³/mol. The van der Waals surface area contributed by atoms with Crippen molar-refractivity contribution in [3.8, 4) is 0 Å². The van der Waals surface area contributed by atoms with Crippen LogP contribution in [0.15, 0.2) is 10.9 Å². The van der Waals surface area contributed by atoms with Gasteiger partial charge in [0.25, 0.3) is 0 Å². The molecule has 0 bridgehead atoms. The molecule has 1 aromatic heterocycles. The highest BCUT2D eigenvalue weighted by Gasteiger charge is 2.15. The Morgan fingerprint density at radius 1 is 1.69 bits per heavy atom. The van der Waals surface area contributed by atoms with E-state index < -0.39 is 5.97 Å². The Kier molecular flexibility index (Phi) is 3.62. The van der Waals surface area contributed by atoms with Crippen molar-refractivity contribution >= 4 is 33.5 Å². The number of hydrogen-bond acceptors (Lipinski definition) is 4. The molecule has 0 spiro atoms. The Labute approximate surface area is 88.4 Å². The fraction of sp³-hybridized carbons (Fsp3) is 0.286. The first-order valence-electron chi connectivity index (χ1n) is 3.50. The third-order valence-corrected chi connectivity index (χ3v) is 2.40. The summed E-state index contributed by atoms with van der Waals surface area (Å²) in [5.41, 5.74) is 0.0744. The van der Waals surface area contributed by atoms with Crippen molar-refractivity contribution in [2.24, 2.45) is 0 Å². The van der Waals surface area contributed by atoms with E-state index in [1.54, 1.807) is 6.92 Å². The number of halogens is 2. The van der Waals surface area contributed by atoms with Gasteiger partial charge in [0, 0.05) is 0 Å². The van der Waals surface area contributed by atoms with Gasteiger partial charge in [-0.25, -0.2) is 14.8 Å². The number of hydrogen-bond donors (Lipinski definition) is 0. The zero-order valence-corrected chi connectivity index (χ0v) is 9.09. The maximum absolute atomic E-state index is 11.2. The summed E-state index contributed by atoms with van der Waals surface area (Å²) in [5.74, 6) is -0.546. The SMILES string of the molecule is CCOC(=O)c1ncnc(Br)c1Cl. The average Bonchev–Trinajstić information content (AvgIpc) is 2.10. The third-order valence-electron chi connectivity index (χ3n) is 1.22. The van der Waals surface area contributed by atoms with Gasteiger partial charge in [0.15, 0.2) is 5.69 Å². The van der Waals surface area contributed by atoms with E-state index in [9.17, 15) is 4.79 Å². The van der Waals surface area contributed by atoms with Crippen LogP contribution in [0.5, 0.6) is 0 Å². The monoisotopic (exact) mass is 264 g/mol. The number of ether oxygens (including phenoxy) is 1. The normalized spacial score (nSPS) is 9.77. The van der Waals surface area contributed by atoms with Crippen LogP contribution >= 0.6 is 27.5 Å². The van der Waals surface area contributed by atoms with Gasteiger partial charge in [-0.05, 0) is 22.9 Å². The summed E-state index contributed by atoms with van der Waals surface area (Å²) in [6.45, 7) is 2.00. The van der Waals surface area contributed by atoms with Gasteiger partial charge in [0.05, 0.1) is 6.61 Å². The summed E-state index contributed by atoms with van der Waals surface area (Å²) >= 11 is 8.83. The molecule has 4 nitrogen and oxygen atoms in total. The number of nitrogens with zero attached hydrogens (tertiary/aromatic N) is 2. The second kappa shape index (κ2) is 4.53. The lowest BCUT2D eigenvalue weighted by molar-refractivity contribution is 0.0519. The van der Waals surface area contributed by atoms with Crippen LogP contribution < -0.4 is 0 Å². The van der Waals surface area contributed by atoms with Crippen molar-refractivity contribution < 1.29 is 9.53 Å². The molecule has 0 aromatic carbocycles. The predicted octanol–water partition coefficient (Wildman–Crippen LogP) is 2.07. The van der Waals surface area contributed by atoms with E-state index in [0.29, 0.717) is 4.60 Å². The van der Waals surface area contributed by atoms with Gasteiger partial charge in [-0.3, -0.25) is 0 Å². The molecule has 70 valence electrons. The largest absolute Gasteiger partial charge is 0.461 e. The standard InChI is InChI=1S/C7H6BrClN2O2/c1-2-13-7(12)5-4(9)6(8)11-3-10-5/h3H,2H2,1H3. The van der Waals surface area contributed by atoms with Crippen molar-refractivity contribution in [1.29, 1.82) is 0 Å². The first kappa shape index (κ1) is 10.4. The van der Waals surface area contributed by atoms with Crippen molar-refractivity contribution in [2.45, 2.75) is 6.92 Å². The van der Waals surface area contributed by atoms with E-state index >= 15 is 0 Å². The van der Waals surface area contributed by atoms with Gasteiger partial charge in [-0.1, -0.05) is 11.6 Å². The minimum absolute atomic E-state index is 0.0744. The highest BCUT2D eigenvalue weighted by molar-refractivity contribution is 9.10. The van der Waals surface area contributed by atoms with Gasteiger partial charge >= 0.3 is 5.97 Å². The molecule has 6 heteroatoms. The summed E-state index contributed by atoms with van der Waals surface area (Å²) in [5, 5.41) is 0.168. The highest BCUT2D eigenvalue weighted by atomic mass is 79.9. The van der Waals surface area contributed by atoms with Gasteiger partial charge < -0.3 is 4.74 Å². The van der Waals surface area contributed by atoms with E-state index in [1.165, 1.54) is 6.33 Å². The van der Waals surface area contributed by atoms with Gasteiger partial charge in [0.1, 0.15) is 16.0 Å². The molecule has 0 fully saturated rings. The van der Waals surface area contributed by atoms with E-state index in [0.717, 1.165) is 0 Å². The molecule has 0 unspecified atom stereocenters. The molecule has 1 heterocycles. The van der Waals surface area contributed by atoms with Crippen LogP contribution in [0.3, 0.4) is 0 Å². The number of rotatable bonds is 2. The minimum Gasteiger partial charge on any atom is -0.461 e. The quantitative estimate of drug-likeness (QED) is 0.607. The molecule has 1 rings (SSSR count). The maximum Gasteiger partial charge on any atom is 0.358 e. The summed E-state index contributed by atoms with van der Waals surface area (Å²) in [4.78, 5) is 18.7. The number of carbonyl (C=O) groups excluding carboxylic acids is 1. The lowest BCUT2D eigenvalue weighted by Crippen LogP contribution is -2.08. The second-order valence-electron chi connectivity index (χ2n) is 2.05. The Hall–Kier alpha value is -0.680. The van der Waals surface area contributed by atoms with Crippen LogP contribution in [-0.2, 0) is 4.74 Å². The summed E-state index contributed by atoms with van der Waals surface area (Å²) in [6, 6.07) is 0. The third kappa shape index (κ3) is 2.38. The maximum atomic E-state index is 11.2. The molecule has 0 amide bonds. The van der Waals surface area contributed by atoms with E-state index in [4.69, 9.17) is 16.3 Å². The first-order valence-corrected chi connectivity index (χ1v) is 4.67. The van der Waals surface area contributed by atoms with Crippen LogP contribution in [0.1, 0.15) is 17.4 Å². The summed E-state index contributed by atoms with van der Waals surface area (Å²) in [6.07, 6.45) is 1.24. The van der Waals surface area contributed by atoms with E-state index in [2.05, 4.69) is 25.9 Å². The summed E-state index contributed by atoms with van der Waals surface area (Å²) < 4.78 is 5.11. The fourth-order valence-electron chi connectivity index (χ4n) is 0.690. The molecule has 1 aromatic rings. The van der Waals surface area contributed by atoms with Crippen LogP contribution in [0, 0.1) is 0 Å². The number of carbonyl (C=O) groups is 1.